The minimum atomic E-state index is -0.604. The predicted molar refractivity (Wildman–Crippen MR) is 57.6 cm³/mol. The fraction of sp³-hybridized carbons (Fsp3) is 0.286. The van der Waals surface area contributed by atoms with Gasteiger partial charge in [-0.2, -0.15) is 0 Å². The highest BCUT2D eigenvalue weighted by Crippen LogP contribution is 2.11. The van der Waals surface area contributed by atoms with Crippen LogP contribution in [0.1, 0.15) is 5.69 Å². The molecule has 0 spiro atoms. The van der Waals surface area contributed by atoms with E-state index in [1.807, 2.05) is 0 Å². The van der Waals surface area contributed by atoms with E-state index in [4.69, 9.17) is 5.73 Å². The molecule has 0 fully saturated rings. The number of hydrogen-bond acceptors (Lipinski definition) is 6. The standard InChI is InChI=1S/C7H7FN3OS2/c8-1-2-12-11-5(3-13)6-4-14-7(9)10-6/h4H,1-2H2,(H2,9,10). The van der Waals surface area contributed by atoms with Crippen LogP contribution in [0.25, 0.3) is 0 Å². The van der Waals surface area contributed by atoms with E-state index in [0.717, 1.165) is 0 Å². The zero-order chi connectivity index (χ0) is 10.4. The van der Waals surface area contributed by atoms with Crippen molar-refractivity contribution < 1.29 is 9.23 Å². The number of nitrogen functional groups attached to an aromatic ring is 1. The summed E-state index contributed by atoms with van der Waals surface area (Å²) in [6.45, 7) is -0.715. The van der Waals surface area contributed by atoms with E-state index in [-0.39, 0.29) is 12.3 Å². The van der Waals surface area contributed by atoms with Crippen molar-refractivity contribution in [3.63, 3.8) is 0 Å². The van der Waals surface area contributed by atoms with Crippen molar-refractivity contribution in [2.75, 3.05) is 19.0 Å². The second kappa shape index (κ2) is 5.61. The molecule has 14 heavy (non-hydrogen) atoms. The van der Waals surface area contributed by atoms with E-state index in [2.05, 4.69) is 32.6 Å². The van der Waals surface area contributed by atoms with E-state index in [0.29, 0.717) is 10.8 Å². The number of oxime groups is 1. The highest BCUT2D eigenvalue weighted by atomic mass is 32.1. The number of thiazole rings is 1. The number of thiocarbonyl (C=S) groups is 1. The molecule has 0 bridgehead atoms. The molecule has 0 aliphatic heterocycles. The van der Waals surface area contributed by atoms with Gasteiger partial charge in [0.25, 0.3) is 0 Å². The van der Waals surface area contributed by atoms with Crippen molar-refractivity contribution in [1.29, 1.82) is 0 Å². The lowest BCUT2D eigenvalue weighted by Gasteiger charge is -1.95. The Labute approximate surface area is 89.6 Å². The average Bonchev–Trinajstić information content (AvgIpc) is 2.60. The van der Waals surface area contributed by atoms with Crippen LogP contribution in [0.5, 0.6) is 0 Å². The molecule has 0 aromatic carbocycles. The van der Waals surface area contributed by atoms with Crippen molar-refractivity contribution >= 4 is 39.8 Å². The Morgan fingerprint density at radius 1 is 1.86 bits per heavy atom. The van der Waals surface area contributed by atoms with E-state index < -0.39 is 6.67 Å². The summed E-state index contributed by atoms with van der Waals surface area (Å²) < 4.78 is 11.7. The maximum atomic E-state index is 11.7. The third kappa shape index (κ3) is 3.00. The predicted octanol–water partition coefficient (Wildman–Crippen LogP) is 1.29. The Balaban J connectivity index is 2.71. The lowest BCUT2D eigenvalue weighted by atomic mass is 10.3. The second-order valence-corrected chi connectivity index (χ2v) is 3.23. The summed E-state index contributed by atoms with van der Waals surface area (Å²) in [7, 11) is 0. The monoisotopic (exact) mass is 232 g/mol. The van der Waals surface area contributed by atoms with Crippen LogP contribution in [0.15, 0.2) is 10.5 Å². The molecule has 2 N–H and O–H groups in total. The van der Waals surface area contributed by atoms with E-state index >= 15 is 0 Å². The van der Waals surface area contributed by atoms with Gasteiger partial charge in [0, 0.05) is 5.38 Å². The Morgan fingerprint density at radius 2 is 2.64 bits per heavy atom. The first-order valence-corrected chi connectivity index (χ1v) is 4.92. The summed E-state index contributed by atoms with van der Waals surface area (Å²) in [4.78, 5) is 8.53. The molecule has 1 aromatic heterocycles. The van der Waals surface area contributed by atoms with Gasteiger partial charge in [0.1, 0.15) is 24.7 Å². The average molecular weight is 232 g/mol. The third-order valence-corrected chi connectivity index (χ3v) is 2.05. The fourth-order valence-electron chi connectivity index (χ4n) is 0.659. The molecule has 0 atom stereocenters. The maximum Gasteiger partial charge on any atom is 0.180 e. The van der Waals surface area contributed by atoms with Gasteiger partial charge in [0.15, 0.2) is 5.13 Å². The molecule has 0 aliphatic rings. The van der Waals surface area contributed by atoms with Crippen LogP contribution in [0.3, 0.4) is 0 Å². The molecular formula is C7H7FN3OS2. The number of anilines is 1. The largest absolute Gasteiger partial charge is 0.392 e. The van der Waals surface area contributed by atoms with Crippen molar-refractivity contribution in [2.45, 2.75) is 0 Å². The molecule has 1 heterocycles. The minimum absolute atomic E-state index is 0.111. The molecule has 1 rings (SSSR count). The van der Waals surface area contributed by atoms with Gasteiger partial charge in [-0.15, -0.1) is 11.3 Å². The lowest BCUT2D eigenvalue weighted by Crippen LogP contribution is -2.04. The molecule has 1 aromatic rings. The Bertz CT molecular complexity index is 339. The summed E-state index contributed by atoms with van der Waals surface area (Å²) >= 11 is 5.84. The van der Waals surface area contributed by atoms with Gasteiger partial charge in [-0.05, 0) is 0 Å². The van der Waals surface area contributed by atoms with Crippen LogP contribution >= 0.6 is 23.6 Å². The molecule has 0 aliphatic carbocycles. The molecule has 1 radical (unpaired) electrons. The first kappa shape index (κ1) is 11.0. The quantitative estimate of drug-likeness (QED) is 0.360. The molecule has 0 amide bonds. The summed E-state index contributed by atoms with van der Waals surface area (Å²) in [5.74, 6) is 0. The van der Waals surface area contributed by atoms with Crippen LogP contribution in [-0.2, 0) is 4.84 Å². The Morgan fingerprint density at radius 3 is 3.14 bits per heavy atom. The van der Waals surface area contributed by atoms with Crippen molar-refractivity contribution in [3.05, 3.63) is 11.1 Å². The van der Waals surface area contributed by atoms with Crippen LogP contribution in [0.4, 0.5) is 9.52 Å². The van der Waals surface area contributed by atoms with Crippen LogP contribution in [0.2, 0.25) is 0 Å². The number of hydrogen-bond donors (Lipinski definition) is 1. The third-order valence-electron chi connectivity index (χ3n) is 1.19. The smallest absolute Gasteiger partial charge is 0.180 e. The number of nitrogens with zero attached hydrogens (tertiary/aromatic N) is 2. The minimum Gasteiger partial charge on any atom is -0.392 e. The lowest BCUT2D eigenvalue weighted by molar-refractivity contribution is 0.128. The molecule has 75 valence electrons. The fourth-order valence-corrected chi connectivity index (χ4v) is 1.35. The van der Waals surface area contributed by atoms with Crippen LogP contribution in [0, 0.1) is 0 Å². The number of nitrogens with two attached hydrogens (primary N) is 1. The topological polar surface area (TPSA) is 60.5 Å². The normalized spacial score (nSPS) is 11.4. The SMILES string of the molecule is Nc1nc(C([C]=S)=NOCCF)cs1. The number of rotatable bonds is 5. The van der Waals surface area contributed by atoms with Crippen molar-refractivity contribution in [2.24, 2.45) is 5.16 Å². The Hall–Kier alpha value is -1.08. The van der Waals surface area contributed by atoms with Crippen LogP contribution < -0.4 is 5.73 Å². The highest BCUT2D eigenvalue weighted by molar-refractivity contribution is 7.80. The van der Waals surface area contributed by atoms with Gasteiger partial charge < -0.3 is 10.6 Å². The highest BCUT2D eigenvalue weighted by Gasteiger charge is 2.05. The van der Waals surface area contributed by atoms with Gasteiger partial charge in [-0.25, -0.2) is 9.37 Å². The second-order valence-electron chi connectivity index (χ2n) is 2.14. The summed E-state index contributed by atoms with van der Waals surface area (Å²) in [6, 6.07) is 0. The zero-order valence-corrected chi connectivity index (χ0v) is 8.70. The van der Waals surface area contributed by atoms with Gasteiger partial charge in [0.05, 0.1) is 5.37 Å². The molecule has 4 nitrogen and oxygen atoms in total. The van der Waals surface area contributed by atoms with E-state index in [9.17, 15) is 4.39 Å². The van der Waals surface area contributed by atoms with E-state index in [1.54, 1.807) is 5.38 Å². The van der Waals surface area contributed by atoms with Gasteiger partial charge in [-0.1, -0.05) is 17.4 Å². The number of aromatic nitrogens is 1. The maximum absolute atomic E-state index is 11.7. The first-order valence-electron chi connectivity index (χ1n) is 3.63. The molecule has 0 saturated carbocycles. The van der Waals surface area contributed by atoms with Gasteiger partial charge in [-0.3, -0.25) is 0 Å². The van der Waals surface area contributed by atoms with E-state index in [1.165, 1.54) is 11.3 Å². The van der Waals surface area contributed by atoms with Crippen molar-refractivity contribution in [1.82, 2.24) is 4.98 Å². The van der Waals surface area contributed by atoms with Gasteiger partial charge in [0.2, 0.25) is 0 Å². The summed E-state index contributed by atoms with van der Waals surface area (Å²) in [5.41, 5.74) is 6.15. The Kier molecular flexibility index (Phi) is 4.41. The first-order chi connectivity index (χ1) is 6.77. The molecule has 0 saturated heterocycles. The number of halogens is 1. The molecule has 0 unspecified atom stereocenters. The van der Waals surface area contributed by atoms with Gasteiger partial charge >= 0.3 is 0 Å². The van der Waals surface area contributed by atoms with Crippen LogP contribution in [-0.4, -0.2) is 29.3 Å². The molecule has 7 heteroatoms. The zero-order valence-electron chi connectivity index (χ0n) is 7.07. The summed E-state index contributed by atoms with van der Waals surface area (Å²) in [6.07, 6.45) is 0. The molecular weight excluding hydrogens is 225 g/mol. The summed E-state index contributed by atoms with van der Waals surface area (Å²) in [5, 5.41) is 8.01. The number of alkyl halides is 1. The van der Waals surface area contributed by atoms with Crippen molar-refractivity contribution in [3.8, 4) is 0 Å².